The van der Waals surface area contributed by atoms with Crippen LogP contribution >= 0.6 is 12.4 Å². The highest BCUT2D eigenvalue weighted by Crippen LogP contribution is 2.26. The quantitative estimate of drug-likeness (QED) is 0.727. The lowest BCUT2D eigenvalue weighted by Gasteiger charge is -2.17. The zero-order valence-electron chi connectivity index (χ0n) is 9.19. The fourth-order valence-electron chi connectivity index (χ4n) is 1.46. The van der Waals surface area contributed by atoms with Gasteiger partial charge in [0.2, 0.25) is 0 Å². The summed E-state index contributed by atoms with van der Waals surface area (Å²) in [5.41, 5.74) is 8.22. The maximum absolute atomic E-state index is 9.55. The lowest BCUT2D eigenvalue weighted by atomic mass is 9.98. The molecule has 0 saturated carbocycles. The van der Waals surface area contributed by atoms with Crippen LogP contribution in [-0.4, -0.2) is 16.3 Å². The molecule has 0 aliphatic carbocycles. The van der Waals surface area contributed by atoms with Crippen LogP contribution in [0.2, 0.25) is 0 Å². The smallest absolute Gasteiger partial charge is 0.121 e. The molecule has 0 unspecified atom stereocenters. The van der Waals surface area contributed by atoms with Crippen molar-refractivity contribution >= 4 is 12.4 Å². The first-order valence-corrected chi connectivity index (χ1v) is 4.67. The third-order valence-corrected chi connectivity index (χ3v) is 2.42. The van der Waals surface area contributed by atoms with Gasteiger partial charge in [-0.15, -0.1) is 12.4 Å². The highest BCUT2D eigenvalue weighted by Gasteiger charge is 2.14. The number of phenolic OH excluding ortho intramolecular Hbond substituents is 1. The lowest BCUT2D eigenvalue weighted by Crippen LogP contribution is -2.23. The maximum atomic E-state index is 9.55. The van der Waals surface area contributed by atoms with Gasteiger partial charge in [0.25, 0.3) is 0 Å². The first kappa shape index (κ1) is 14.2. The first-order valence-electron chi connectivity index (χ1n) is 4.67. The molecule has 0 aromatic heterocycles. The van der Waals surface area contributed by atoms with E-state index in [1.807, 2.05) is 13.8 Å². The van der Waals surface area contributed by atoms with Gasteiger partial charge in [0.15, 0.2) is 0 Å². The standard InChI is InChI=1S/C11H17NO2.ClH/c1-6-4-9(10(12)8(3)13)5-7(2)11(6)14;/h4-5,8,10,13-14H,12H2,1-3H3;1H/t8-,10-;/m0./s1. The second kappa shape index (κ2) is 5.35. The van der Waals surface area contributed by atoms with Crippen molar-refractivity contribution in [2.75, 3.05) is 0 Å². The maximum Gasteiger partial charge on any atom is 0.121 e. The topological polar surface area (TPSA) is 66.5 Å². The second-order valence-electron chi connectivity index (χ2n) is 3.77. The Labute approximate surface area is 96.3 Å². The van der Waals surface area contributed by atoms with Crippen LogP contribution in [0.25, 0.3) is 0 Å². The van der Waals surface area contributed by atoms with Crippen LogP contribution in [0.15, 0.2) is 12.1 Å². The summed E-state index contributed by atoms with van der Waals surface area (Å²) in [5.74, 6) is 0.298. The summed E-state index contributed by atoms with van der Waals surface area (Å²) in [6.07, 6.45) is -0.585. The Hall–Kier alpha value is -0.770. The molecule has 0 heterocycles. The van der Waals surface area contributed by atoms with Gasteiger partial charge in [0.1, 0.15) is 5.75 Å². The Morgan fingerprint density at radius 3 is 1.93 bits per heavy atom. The van der Waals surface area contributed by atoms with E-state index in [0.717, 1.165) is 16.7 Å². The fraction of sp³-hybridized carbons (Fsp3) is 0.455. The number of aryl methyl sites for hydroxylation is 2. The van der Waals surface area contributed by atoms with Crippen LogP contribution < -0.4 is 5.73 Å². The van der Waals surface area contributed by atoms with Gasteiger partial charge in [-0.2, -0.15) is 0 Å². The molecule has 0 aliphatic heterocycles. The molecule has 1 aromatic rings. The summed E-state index contributed by atoms with van der Waals surface area (Å²) in [5, 5.41) is 18.9. The van der Waals surface area contributed by atoms with Crippen LogP contribution in [0.3, 0.4) is 0 Å². The van der Waals surface area contributed by atoms with Crippen LogP contribution in [0.5, 0.6) is 5.75 Å². The fourth-order valence-corrected chi connectivity index (χ4v) is 1.46. The summed E-state index contributed by atoms with van der Waals surface area (Å²) in [7, 11) is 0. The summed E-state index contributed by atoms with van der Waals surface area (Å²) >= 11 is 0. The van der Waals surface area contributed by atoms with Crippen molar-refractivity contribution < 1.29 is 10.2 Å². The van der Waals surface area contributed by atoms with Crippen molar-refractivity contribution in [3.8, 4) is 5.75 Å². The second-order valence-corrected chi connectivity index (χ2v) is 3.77. The van der Waals surface area contributed by atoms with E-state index < -0.39 is 12.1 Å². The predicted molar refractivity (Wildman–Crippen MR) is 63.4 cm³/mol. The number of halogens is 1. The molecule has 1 aromatic carbocycles. The molecule has 2 atom stereocenters. The summed E-state index contributed by atoms with van der Waals surface area (Å²) < 4.78 is 0. The monoisotopic (exact) mass is 231 g/mol. The van der Waals surface area contributed by atoms with E-state index in [-0.39, 0.29) is 12.4 Å². The summed E-state index contributed by atoms with van der Waals surface area (Å²) in [6, 6.07) is 3.22. The van der Waals surface area contributed by atoms with Gasteiger partial charge in [-0.05, 0) is 37.5 Å². The van der Waals surface area contributed by atoms with E-state index in [1.54, 1.807) is 19.1 Å². The molecule has 1 rings (SSSR count). The molecule has 4 N–H and O–H groups in total. The Bertz CT molecular complexity index is 316. The zero-order valence-corrected chi connectivity index (χ0v) is 10.0. The summed E-state index contributed by atoms with van der Waals surface area (Å²) in [6.45, 7) is 5.30. The van der Waals surface area contributed by atoms with Crippen molar-refractivity contribution in [1.82, 2.24) is 0 Å². The van der Waals surface area contributed by atoms with Gasteiger partial charge in [-0.25, -0.2) is 0 Å². The SMILES string of the molecule is Cc1cc([C@@H](N)[C@H](C)O)cc(C)c1O.Cl. The third-order valence-electron chi connectivity index (χ3n) is 2.42. The van der Waals surface area contributed by atoms with E-state index in [0.29, 0.717) is 5.75 Å². The van der Waals surface area contributed by atoms with Gasteiger partial charge in [0, 0.05) is 0 Å². The highest BCUT2D eigenvalue weighted by molar-refractivity contribution is 5.85. The number of phenols is 1. The van der Waals surface area contributed by atoms with E-state index >= 15 is 0 Å². The zero-order chi connectivity index (χ0) is 10.9. The van der Waals surface area contributed by atoms with Crippen molar-refractivity contribution in [2.45, 2.75) is 32.9 Å². The van der Waals surface area contributed by atoms with Crippen molar-refractivity contribution in [1.29, 1.82) is 0 Å². The third kappa shape index (κ3) is 3.09. The Morgan fingerprint density at radius 2 is 1.60 bits per heavy atom. The first-order chi connectivity index (χ1) is 6.43. The molecule has 0 radical (unpaired) electrons. The molecule has 15 heavy (non-hydrogen) atoms. The van der Waals surface area contributed by atoms with Crippen LogP contribution in [0.1, 0.15) is 29.7 Å². The minimum absolute atomic E-state index is 0. The molecule has 0 bridgehead atoms. The lowest BCUT2D eigenvalue weighted by molar-refractivity contribution is 0.164. The number of aliphatic hydroxyl groups excluding tert-OH is 1. The number of hydrogen-bond donors (Lipinski definition) is 3. The molecule has 0 amide bonds. The molecular weight excluding hydrogens is 214 g/mol. The number of rotatable bonds is 2. The van der Waals surface area contributed by atoms with E-state index in [9.17, 15) is 10.2 Å². The van der Waals surface area contributed by atoms with Crippen molar-refractivity contribution in [3.63, 3.8) is 0 Å². The van der Waals surface area contributed by atoms with Gasteiger partial charge in [0.05, 0.1) is 12.1 Å². The van der Waals surface area contributed by atoms with Gasteiger partial charge in [-0.3, -0.25) is 0 Å². The highest BCUT2D eigenvalue weighted by atomic mass is 35.5. The molecule has 0 fully saturated rings. The summed E-state index contributed by atoms with van der Waals surface area (Å²) in [4.78, 5) is 0. The van der Waals surface area contributed by atoms with Crippen LogP contribution in [-0.2, 0) is 0 Å². The van der Waals surface area contributed by atoms with Gasteiger partial charge >= 0.3 is 0 Å². The van der Waals surface area contributed by atoms with Crippen LogP contribution in [0, 0.1) is 13.8 Å². The van der Waals surface area contributed by atoms with Crippen molar-refractivity contribution in [2.24, 2.45) is 5.73 Å². The predicted octanol–water partition coefficient (Wildman–Crippen LogP) is 1.81. The molecule has 0 spiro atoms. The molecule has 3 nitrogen and oxygen atoms in total. The Kier molecular flexibility index (Phi) is 5.08. The number of aromatic hydroxyl groups is 1. The average molecular weight is 232 g/mol. The van der Waals surface area contributed by atoms with Gasteiger partial charge < -0.3 is 15.9 Å². The molecule has 86 valence electrons. The largest absolute Gasteiger partial charge is 0.507 e. The van der Waals surface area contributed by atoms with Gasteiger partial charge in [-0.1, -0.05) is 12.1 Å². The number of benzene rings is 1. The molecular formula is C11H18ClNO2. The minimum Gasteiger partial charge on any atom is -0.507 e. The number of nitrogens with two attached hydrogens (primary N) is 1. The van der Waals surface area contributed by atoms with E-state index in [4.69, 9.17) is 5.73 Å². The minimum atomic E-state index is -0.585. The number of aliphatic hydroxyl groups is 1. The van der Waals surface area contributed by atoms with E-state index in [1.165, 1.54) is 0 Å². The number of hydrogen-bond acceptors (Lipinski definition) is 3. The van der Waals surface area contributed by atoms with E-state index in [2.05, 4.69) is 0 Å². The van der Waals surface area contributed by atoms with Crippen molar-refractivity contribution in [3.05, 3.63) is 28.8 Å². The molecule has 0 saturated heterocycles. The van der Waals surface area contributed by atoms with Crippen LogP contribution in [0.4, 0.5) is 0 Å². The molecule has 4 heteroatoms. The normalized spacial score (nSPS) is 14.2. The molecule has 0 aliphatic rings. The average Bonchev–Trinajstić information content (AvgIpc) is 2.12. The Morgan fingerprint density at radius 1 is 1.20 bits per heavy atom. The Balaban J connectivity index is 0.00000196.